The molecule has 0 aromatic rings. The fourth-order valence-corrected chi connectivity index (χ4v) is 0.712. The molecule has 0 spiro atoms. The third-order valence-electron chi connectivity index (χ3n) is 0.832. The molecule has 0 aromatic heterocycles. The first-order valence-corrected chi connectivity index (χ1v) is 7.29. The predicted molar refractivity (Wildman–Crippen MR) is 53.6 cm³/mol. The van der Waals surface area contributed by atoms with Crippen LogP contribution in [0.2, 0.25) is 0 Å². The van der Waals surface area contributed by atoms with Gasteiger partial charge in [0.15, 0.2) is 0 Å². The molecular weight excluding hydrogens is 266 g/mol. The Labute approximate surface area is 90.8 Å². The first kappa shape index (κ1) is 18.1. The zero-order chi connectivity index (χ0) is 13.4. The van der Waals surface area contributed by atoms with E-state index in [4.69, 9.17) is 24.7 Å². The lowest BCUT2D eigenvalue weighted by Gasteiger charge is -2.02. The number of aliphatic carboxylic acids is 1. The fraction of sp³-hybridized carbons (Fsp3) is 0.750. The lowest BCUT2D eigenvalue weighted by Crippen LogP contribution is -2.23. The minimum absolute atomic E-state index is 0.439. The molecule has 0 heterocycles. The number of hydrogen-bond donors (Lipinski definition) is 7. The van der Waals surface area contributed by atoms with Gasteiger partial charge >= 0.3 is 21.2 Å². The van der Waals surface area contributed by atoms with Gasteiger partial charge in [0.1, 0.15) is 0 Å². The van der Waals surface area contributed by atoms with Crippen LogP contribution in [-0.2, 0) is 13.9 Å². The molecule has 10 nitrogen and oxygen atoms in total. The fourth-order valence-electron chi connectivity index (χ4n) is 0.308. The molecule has 0 atom stereocenters. The highest BCUT2D eigenvalue weighted by molar-refractivity contribution is 7.51. The Balaban J connectivity index is 0. The van der Waals surface area contributed by atoms with Crippen LogP contribution in [0, 0.1) is 0 Å². The van der Waals surface area contributed by atoms with E-state index < -0.39 is 40.3 Å². The molecule has 0 saturated heterocycles. The van der Waals surface area contributed by atoms with Crippen molar-refractivity contribution in [1.29, 1.82) is 0 Å². The van der Waals surface area contributed by atoms with Crippen molar-refractivity contribution in [2.45, 2.75) is 0 Å². The Kier molecular flexibility index (Phi) is 8.90. The monoisotopic (exact) mass is 280 g/mol. The first-order valence-electron chi connectivity index (χ1n) is 3.69. The lowest BCUT2D eigenvalue weighted by atomic mass is 10.7. The van der Waals surface area contributed by atoms with Crippen LogP contribution in [0.4, 0.5) is 0 Å². The maximum atomic E-state index is 10.1. The second kappa shape index (κ2) is 7.88. The van der Waals surface area contributed by atoms with Crippen molar-refractivity contribution >= 4 is 21.2 Å². The number of carbonyl (C=O) groups is 1. The highest BCUT2D eigenvalue weighted by atomic mass is 31.2. The highest BCUT2D eigenvalue weighted by Crippen LogP contribution is 2.31. The molecule has 0 radical (unpaired) electrons. The van der Waals surface area contributed by atoms with E-state index in [1.165, 1.54) is 0 Å². The van der Waals surface area contributed by atoms with Gasteiger partial charge in [-0.05, 0) is 0 Å². The Morgan fingerprint density at radius 1 is 1.12 bits per heavy atom. The zero-order valence-electron chi connectivity index (χ0n) is 8.05. The van der Waals surface area contributed by atoms with E-state index in [-0.39, 0.29) is 0 Å². The van der Waals surface area contributed by atoms with Gasteiger partial charge in [-0.1, -0.05) is 0 Å². The molecule has 0 unspecified atom stereocenters. The first-order chi connectivity index (χ1) is 6.98. The SMILES string of the molecule is NCP(=O)(O)O.O=C(O)CNCP(=O)(O)O. The van der Waals surface area contributed by atoms with Gasteiger partial charge in [0.25, 0.3) is 0 Å². The van der Waals surface area contributed by atoms with Gasteiger partial charge in [0.2, 0.25) is 0 Å². The van der Waals surface area contributed by atoms with Crippen LogP contribution in [0.15, 0.2) is 0 Å². The molecule has 0 aliphatic rings. The van der Waals surface area contributed by atoms with Crippen molar-refractivity contribution in [2.75, 3.05) is 19.1 Å². The van der Waals surface area contributed by atoms with E-state index in [0.717, 1.165) is 0 Å². The van der Waals surface area contributed by atoms with Crippen LogP contribution in [0.1, 0.15) is 0 Å². The molecule has 0 aliphatic carbocycles. The molecule has 98 valence electrons. The standard InChI is InChI=1S/C3H8NO5P.CH6NO3P/c5-3(6)1-4-2-10(7,8)9;2-1-6(3,4)5/h4H,1-2H2,(H,5,6)(H2,7,8,9);1-2H2,(H2,3,4,5). The Morgan fingerprint density at radius 3 is 1.69 bits per heavy atom. The number of nitrogens with two attached hydrogens (primary N) is 1. The average molecular weight is 280 g/mol. The van der Waals surface area contributed by atoms with Gasteiger partial charge in [-0.15, -0.1) is 0 Å². The zero-order valence-corrected chi connectivity index (χ0v) is 9.84. The normalized spacial score (nSPS) is 11.6. The summed E-state index contributed by atoms with van der Waals surface area (Å²) in [5, 5.41) is 10.1. The van der Waals surface area contributed by atoms with Crippen LogP contribution < -0.4 is 11.1 Å². The summed E-state index contributed by atoms with van der Waals surface area (Å²) in [6.45, 7) is -0.439. The smallest absolute Gasteiger partial charge is 0.339 e. The molecule has 0 aromatic carbocycles. The van der Waals surface area contributed by atoms with Crippen molar-refractivity contribution in [3.05, 3.63) is 0 Å². The van der Waals surface area contributed by atoms with E-state index in [0.29, 0.717) is 0 Å². The number of nitrogens with one attached hydrogen (secondary N) is 1. The summed E-state index contributed by atoms with van der Waals surface area (Å²) >= 11 is 0. The highest BCUT2D eigenvalue weighted by Gasteiger charge is 2.11. The van der Waals surface area contributed by atoms with Crippen molar-refractivity contribution in [3.8, 4) is 0 Å². The third kappa shape index (κ3) is 23.5. The molecule has 0 saturated carbocycles. The van der Waals surface area contributed by atoms with Gasteiger partial charge in [0.05, 0.1) is 19.1 Å². The maximum Gasteiger partial charge on any atom is 0.339 e. The second-order valence-electron chi connectivity index (χ2n) is 2.49. The van der Waals surface area contributed by atoms with Gasteiger partial charge in [-0.25, -0.2) is 0 Å². The van der Waals surface area contributed by atoms with Gasteiger partial charge in [-0.2, -0.15) is 0 Å². The maximum absolute atomic E-state index is 10.1. The van der Waals surface area contributed by atoms with E-state index in [9.17, 15) is 13.9 Å². The largest absolute Gasteiger partial charge is 0.480 e. The Bertz CT molecular complexity index is 294. The average Bonchev–Trinajstić information content (AvgIpc) is 2.00. The molecule has 12 heteroatoms. The summed E-state index contributed by atoms with van der Waals surface area (Å²) in [7, 11) is -7.97. The summed E-state index contributed by atoms with van der Waals surface area (Å²) in [5.74, 6) is -1.14. The van der Waals surface area contributed by atoms with Gasteiger partial charge in [0, 0.05) is 0 Å². The Hall–Kier alpha value is -0.310. The number of hydrogen-bond acceptors (Lipinski definition) is 5. The molecule has 0 fully saturated rings. The van der Waals surface area contributed by atoms with E-state index in [1.54, 1.807) is 0 Å². The van der Waals surface area contributed by atoms with Crippen LogP contribution in [0.3, 0.4) is 0 Å². The molecular formula is C4H14N2O8P2. The third-order valence-corrected chi connectivity index (χ3v) is 1.94. The molecule has 8 N–H and O–H groups in total. The van der Waals surface area contributed by atoms with Crippen LogP contribution in [-0.4, -0.2) is 49.8 Å². The summed E-state index contributed by atoms with van der Waals surface area (Å²) in [5.41, 5.74) is 4.54. The lowest BCUT2D eigenvalue weighted by molar-refractivity contribution is -0.135. The summed E-state index contributed by atoms with van der Waals surface area (Å²) in [4.78, 5) is 41.8. The topological polar surface area (TPSA) is 190 Å². The van der Waals surface area contributed by atoms with Crippen LogP contribution in [0.25, 0.3) is 0 Å². The number of rotatable bonds is 5. The van der Waals surface area contributed by atoms with Crippen molar-refractivity contribution in [2.24, 2.45) is 5.73 Å². The Morgan fingerprint density at radius 2 is 1.50 bits per heavy atom. The summed E-state index contributed by atoms with van der Waals surface area (Å²) < 4.78 is 19.6. The number of carboxylic acids is 1. The minimum Gasteiger partial charge on any atom is -0.480 e. The van der Waals surface area contributed by atoms with Crippen molar-refractivity contribution in [1.82, 2.24) is 5.32 Å². The van der Waals surface area contributed by atoms with Crippen molar-refractivity contribution in [3.63, 3.8) is 0 Å². The van der Waals surface area contributed by atoms with Crippen LogP contribution >= 0.6 is 15.2 Å². The second-order valence-corrected chi connectivity index (χ2v) is 5.83. The molecule has 16 heavy (non-hydrogen) atoms. The molecule has 0 amide bonds. The molecule has 0 rings (SSSR count). The minimum atomic E-state index is -4.10. The number of carboxylic acid groups (broad SMARTS) is 1. The van der Waals surface area contributed by atoms with E-state index in [1.807, 2.05) is 0 Å². The summed E-state index contributed by atoms with van der Waals surface area (Å²) in [6.07, 6.45) is -1.16. The van der Waals surface area contributed by atoms with Gasteiger partial charge < -0.3 is 30.4 Å². The van der Waals surface area contributed by atoms with E-state index >= 15 is 0 Å². The van der Waals surface area contributed by atoms with Crippen LogP contribution in [0.5, 0.6) is 0 Å². The van der Waals surface area contributed by atoms with Crippen molar-refractivity contribution < 1.29 is 38.6 Å². The quantitative estimate of drug-likeness (QED) is 0.274. The molecule has 0 bridgehead atoms. The summed E-state index contributed by atoms with van der Waals surface area (Å²) in [6, 6.07) is 0. The van der Waals surface area contributed by atoms with E-state index in [2.05, 4.69) is 11.1 Å². The predicted octanol–water partition coefficient (Wildman–Crippen LogP) is -2.12. The molecule has 0 aliphatic heterocycles. The van der Waals surface area contributed by atoms with Gasteiger partial charge in [-0.3, -0.25) is 19.2 Å².